The standard InChI is InChI=1S/C13H22N2/c14-12-7-15(8-12)13-4-9-1-10(5-13)3-11(2-9)6-13/h9-12H,1-8,14H2. The van der Waals surface area contributed by atoms with Gasteiger partial charge in [-0.2, -0.15) is 0 Å². The molecule has 0 radical (unpaired) electrons. The predicted octanol–water partition coefficient (Wildman–Crippen LogP) is 1.60. The minimum absolute atomic E-state index is 0.484. The molecule has 0 amide bonds. The molecule has 4 saturated carbocycles. The fourth-order valence-corrected chi connectivity index (χ4v) is 5.35. The minimum atomic E-state index is 0.484. The quantitative estimate of drug-likeness (QED) is 0.706. The Balaban J connectivity index is 1.61. The van der Waals surface area contributed by atoms with Crippen LogP contribution in [0.5, 0.6) is 0 Å². The van der Waals surface area contributed by atoms with E-state index >= 15 is 0 Å². The van der Waals surface area contributed by atoms with Crippen LogP contribution in [0.2, 0.25) is 0 Å². The Morgan fingerprint density at radius 3 is 1.73 bits per heavy atom. The van der Waals surface area contributed by atoms with Crippen molar-refractivity contribution in [1.82, 2.24) is 4.90 Å². The Hall–Kier alpha value is -0.0800. The molecule has 4 bridgehead atoms. The summed E-state index contributed by atoms with van der Waals surface area (Å²) in [4.78, 5) is 2.74. The van der Waals surface area contributed by atoms with Gasteiger partial charge in [0.15, 0.2) is 0 Å². The molecule has 5 rings (SSSR count). The number of nitrogens with zero attached hydrogens (tertiary/aromatic N) is 1. The van der Waals surface area contributed by atoms with Gasteiger partial charge >= 0.3 is 0 Å². The van der Waals surface area contributed by atoms with Crippen LogP contribution in [0, 0.1) is 17.8 Å². The van der Waals surface area contributed by atoms with Crippen molar-refractivity contribution in [1.29, 1.82) is 0 Å². The van der Waals surface area contributed by atoms with Crippen LogP contribution in [0.25, 0.3) is 0 Å². The molecule has 1 heterocycles. The van der Waals surface area contributed by atoms with Gasteiger partial charge in [-0.3, -0.25) is 4.90 Å². The Morgan fingerprint density at radius 2 is 1.33 bits per heavy atom. The van der Waals surface area contributed by atoms with Gasteiger partial charge in [0, 0.05) is 24.7 Å². The first-order valence-corrected chi connectivity index (χ1v) is 6.74. The van der Waals surface area contributed by atoms with E-state index in [1.807, 2.05) is 0 Å². The molecule has 0 aromatic heterocycles. The van der Waals surface area contributed by atoms with Gasteiger partial charge < -0.3 is 5.73 Å². The summed E-state index contributed by atoms with van der Waals surface area (Å²) in [5, 5.41) is 0. The van der Waals surface area contributed by atoms with Gasteiger partial charge in [0.1, 0.15) is 0 Å². The van der Waals surface area contributed by atoms with Crippen LogP contribution in [-0.2, 0) is 0 Å². The summed E-state index contributed by atoms with van der Waals surface area (Å²) in [5.41, 5.74) is 6.58. The van der Waals surface area contributed by atoms with Crippen LogP contribution < -0.4 is 5.73 Å². The average molecular weight is 206 g/mol. The van der Waals surface area contributed by atoms with Gasteiger partial charge in [0.25, 0.3) is 0 Å². The second kappa shape index (κ2) is 2.78. The molecule has 5 aliphatic rings. The highest BCUT2D eigenvalue weighted by molar-refractivity contribution is 5.10. The molecule has 1 aliphatic heterocycles. The molecule has 84 valence electrons. The first-order chi connectivity index (χ1) is 7.23. The molecule has 15 heavy (non-hydrogen) atoms. The molecule has 0 spiro atoms. The third-order valence-electron chi connectivity index (χ3n) is 5.59. The predicted molar refractivity (Wildman–Crippen MR) is 60.5 cm³/mol. The highest BCUT2D eigenvalue weighted by Gasteiger charge is 2.55. The van der Waals surface area contributed by atoms with Crippen LogP contribution >= 0.6 is 0 Å². The summed E-state index contributed by atoms with van der Waals surface area (Å²) in [6.07, 6.45) is 9.18. The monoisotopic (exact) mass is 206 g/mol. The third kappa shape index (κ3) is 1.18. The van der Waals surface area contributed by atoms with Gasteiger partial charge in [-0.15, -0.1) is 0 Å². The summed E-state index contributed by atoms with van der Waals surface area (Å²) in [6, 6.07) is 0.484. The maximum Gasteiger partial charge on any atom is 0.0297 e. The van der Waals surface area contributed by atoms with Crippen molar-refractivity contribution in [3.8, 4) is 0 Å². The Bertz CT molecular complexity index is 245. The Morgan fingerprint density at radius 1 is 0.867 bits per heavy atom. The summed E-state index contributed by atoms with van der Waals surface area (Å²) in [5.74, 6) is 3.23. The molecular formula is C13H22N2. The zero-order valence-electron chi connectivity index (χ0n) is 9.49. The molecule has 5 fully saturated rings. The van der Waals surface area contributed by atoms with E-state index < -0.39 is 0 Å². The molecule has 1 saturated heterocycles. The zero-order valence-corrected chi connectivity index (χ0v) is 9.49. The molecule has 0 atom stereocenters. The molecular weight excluding hydrogens is 184 g/mol. The highest BCUT2D eigenvalue weighted by Crippen LogP contribution is 2.58. The second-order valence-corrected chi connectivity index (χ2v) is 6.81. The molecule has 0 aromatic carbocycles. The summed E-state index contributed by atoms with van der Waals surface area (Å²) in [7, 11) is 0. The SMILES string of the molecule is NC1CN(C23CC4CC(CC(C4)C2)C3)C1. The zero-order chi connectivity index (χ0) is 10.0. The van der Waals surface area contributed by atoms with Gasteiger partial charge in [-0.25, -0.2) is 0 Å². The second-order valence-electron chi connectivity index (χ2n) is 6.81. The lowest BCUT2D eigenvalue weighted by molar-refractivity contribution is -0.115. The Kier molecular flexibility index (Phi) is 1.67. The topological polar surface area (TPSA) is 29.3 Å². The van der Waals surface area contributed by atoms with Crippen molar-refractivity contribution in [3.63, 3.8) is 0 Å². The number of hydrogen-bond donors (Lipinski definition) is 1. The van der Waals surface area contributed by atoms with Crippen molar-refractivity contribution in [2.75, 3.05) is 13.1 Å². The smallest absolute Gasteiger partial charge is 0.0297 e. The van der Waals surface area contributed by atoms with Crippen LogP contribution in [-0.4, -0.2) is 29.6 Å². The summed E-state index contributed by atoms with van der Waals surface area (Å²) >= 11 is 0. The summed E-state index contributed by atoms with van der Waals surface area (Å²) in [6.45, 7) is 2.37. The van der Waals surface area contributed by atoms with Crippen molar-refractivity contribution in [2.45, 2.75) is 50.1 Å². The normalized spacial score (nSPS) is 54.6. The van der Waals surface area contributed by atoms with Crippen molar-refractivity contribution < 1.29 is 0 Å². The van der Waals surface area contributed by atoms with E-state index in [2.05, 4.69) is 4.90 Å². The maximum absolute atomic E-state index is 5.95. The first-order valence-electron chi connectivity index (χ1n) is 6.74. The lowest BCUT2D eigenvalue weighted by atomic mass is 9.52. The largest absolute Gasteiger partial charge is 0.325 e. The molecule has 0 aromatic rings. The number of likely N-dealkylation sites (tertiary alicyclic amines) is 1. The minimum Gasteiger partial charge on any atom is -0.325 e. The van der Waals surface area contributed by atoms with Crippen molar-refractivity contribution in [2.24, 2.45) is 23.5 Å². The van der Waals surface area contributed by atoms with Gasteiger partial charge in [0.2, 0.25) is 0 Å². The van der Waals surface area contributed by atoms with E-state index in [-0.39, 0.29) is 0 Å². The molecule has 2 heteroatoms. The lowest BCUT2D eigenvalue weighted by Gasteiger charge is -2.63. The highest BCUT2D eigenvalue weighted by atomic mass is 15.3. The van der Waals surface area contributed by atoms with E-state index in [1.54, 1.807) is 19.3 Å². The fraction of sp³-hybridized carbons (Fsp3) is 1.00. The van der Waals surface area contributed by atoms with E-state index in [9.17, 15) is 0 Å². The van der Waals surface area contributed by atoms with Crippen LogP contribution in [0.3, 0.4) is 0 Å². The van der Waals surface area contributed by atoms with Gasteiger partial charge in [-0.1, -0.05) is 0 Å². The van der Waals surface area contributed by atoms with Gasteiger partial charge in [-0.05, 0) is 56.3 Å². The lowest BCUT2D eigenvalue weighted by Crippen LogP contribution is -2.69. The third-order valence-corrected chi connectivity index (χ3v) is 5.59. The van der Waals surface area contributed by atoms with Crippen LogP contribution in [0.15, 0.2) is 0 Å². The van der Waals surface area contributed by atoms with Gasteiger partial charge in [0.05, 0.1) is 0 Å². The molecule has 4 aliphatic carbocycles. The van der Waals surface area contributed by atoms with Crippen molar-refractivity contribution in [3.05, 3.63) is 0 Å². The van der Waals surface area contributed by atoms with Crippen molar-refractivity contribution >= 4 is 0 Å². The Labute approximate surface area is 92.2 Å². The number of rotatable bonds is 1. The van der Waals surface area contributed by atoms with E-state index in [1.165, 1.54) is 32.4 Å². The van der Waals surface area contributed by atoms with E-state index in [0.717, 1.165) is 17.8 Å². The number of nitrogens with two attached hydrogens (primary N) is 1. The van der Waals surface area contributed by atoms with E-state index in [4.69, 9.17) is 5.73 Å². The maximum atomic E-state index is 5.95. The first kappa shape index (κ1) is 9.00. The fourth-order valence-electron chi connectivity index (χ4n) is 5.35. The number of hydrogen-bond acceptors (Lipinski definition) is 2. The summed E-state index contributed by atoms with van der Waals surface area (Å²) < 4.78 is 0. The van der Waals surface area contributed by atoms with Crippen LogP contribution in [0.4, 0.5) is 0 Å². The van der Waals surface area contributed by atoms with Crippen LogP contribution in [0.1, 0.15) is 38.5 Å². The van der Waals surface area contributed by atoms with E-state index in [0.29, 0.717) is 11.6 Å². The average Bonchev–Trinajstić information content (AvgIpc) is 2.10. The molecule has 0 unspecified atom stereocenters. The molecule has 2 N–H and O–H groups in total. The molecule has 2 nitrogen and oxygen atoms in total.